The third-order valence-corrected chi connectivity index (χ3v) is 4.56. The number of piperidine rings is 1. The fourth-order valence-corrected chi connectivity index (χ4v) is 3.04. The van der Waals surface area contributed by atoms with Crippen LogP contribution >= 0.6 is 15.9 Å². The molecule has 0 N–H and O–H groups in total. The van der Waals surface area contributed by atoms with Gasteiger partial charge in [0.15, 0.2) is 0 Å². The molecule has 0 aromatic heterocycles. The van der Waals surface area contributed by atoms with E-state index in [1.165, 1.54) is 7.11 Å². The largest absolute Gasteiger partial charge is 0.468 e. The van der Waals surface area contributed by atoms with Gasteiger partial charge in [-0.2, -0.15) is 0 Å². The fourth-order valence-electron chi connectivity index (χ4n) is 2.78. The lowest BCUT2D eigenvalue weighted by molar-refractivity contribution is -0.151. The Bertz CT molecular complexity index is 504. The molecule has 1 heterocycles. The molecule has 1 aromatic rings. The molecule has 20 heavy (non-hydrogen) atoms. The number of benzene rings is 1. The van der Waals surface area contributed by atoms with Crippen LogP contribution in [0, 0.1) is 0 Å². The van der Waals surface area contributed by atoms with E-state index >= 15 is 0 Å². The van der Waals surface area contributed by atoms with Crippen LogP contribution in [0.15, 0.2) is 28.7 Å². The number of rotatable bonds is 2. The van der Waals surface area contributed by atoms with Crippen molar-refractivity contribution in [1.29, 1.82) is 0 Å². The van der Waals surface area contributed by atoms with E-state index in [4.69, 9.17) is 4.74 Å². The van der Waals surface area contributed by atoms with Gasteiger partial charge in [-0.1, -0.05) is 28.1 Å². The SMILES string of the molecule is COC(=O)C1(c2ccc(Br)cc2)CCN(C(C)=O)CC1. The van der Waals surface area contributed by atoms with Gasteiger partial charge in [0.25, 0.3) is 0 Å². The van der Waals surface area contributed by atoms with Gasteiger partial charge in [-0.3, -0.25) is 9.59 Å². The van der Waals surface area contributed by atoms with Crippen molar-refractivity contribution in [3.8, 4) is 0 Å². The molecule has 0 unspecified atom stereocenters. The number of ether oxygens (including phenoxy) is 1. The summed E-state index contributed by atoms with van der Waals surface area (Å²) < 4.78 is 5.99. The van der Waals surface area contributed by atoms with Crippen LogP contribution in [0.1, 0.15) is 25.3 Å². The van der Waals surface area contributed by atoms with Crippen molar-refractivity contribution < 1.29 is 14.3 Å². The molecule has 1 saturated heterocycles. The molecule has 1 fully saturated rings. The maximum atomic E-state index is 12.3. The number of likely N-dealkylation sites (tertiary alicyclic amines) is 1. The van der Waals surface area contributed by atoms with E-state index in [0.29, 0.717) is 25.9 Å². The lowest BCUT2D eigenvalue weighted by Gasteiger charge is -2.39. The minimum absolute atomic E-state index is 0.0549. The first-order valence-corrected chi connectivity index (χ1v) is 7.39. The molecule has 108 valence electrons. The maximum absolute atomic E-state index is 12.3. The first-order valence-electron chi connectivity index (χ1n) is 6.59. The number of hydrogen-bond acceptors (Lipinski definition) is 3. The number of hydrogen-bond donors (Lipinski definition) is 0. The summed E-state index contributed by atoms with van der Waals surface area (Å²) in [6.45, 7) is 2.73. The van der Waals surface area contributed by atoms with Crippen LogP contribution < -0.4 is 0 Å². The van der Waals surface area contributed by atoms with Gasteiger partial charge in [0.2, 0.25) is 5.91 Å². The van der Waals surface area contributed by atoms with Crippen LogP contribution in [0.5, 0.6) is 0 Å². The monoisotopic (exact) mass is 339 g/mol. The molecular weight excluding hydrogens is 322 g/mol. The summed E-state index contributed by atoms with van der Waals surface area (Å²) in [6.07, 6.45) is 1.20. The van der Waals surface area contributed by atoms with Gasteiger partial charge in [0, 0.05) is 24.5 Å². The zero-order valence-electron chi connectivity index (χ0n) is 11.7. The van der Waals surface area contributed by atoms with Crippen LogP contribution in [-0.4, -0.2) is 37.0 Å². The first kappa shape index (κ1) is 15.0. The Morgan fingerprint density at radius 1 is 1.20 bits per heavy atom. The maximum Gasteiger partial charge on any atom is 0.316 e. The van der Waals surface area contributed by atoms with E-state index in [1.54, 1.807) is 11.8 Å². The minimum Gasteiger partial charge on any atom is -0.468 e. The average molecular weight is 340 g/mol. The molecule has 0 radical (unpaired) electrons. The van der Waals surface area contributed by atoms with E-state index in [-0.39, 0.29) is 11.9 Å². The molecule has 2 rings (SSSR count). The van der Waals surface area contributed by atoms with Crippen molar-refractivity contribution in [1.82, 2.24) is 4.90 Å². The Hall–Kier alpha value is -1.36. The first-order chi connectivity index (χ1) is 9.49. The van der Waals surface area contributed by atoms with E-state index in [9.17, 15) is 9.59 Å². The Morgan fingerprint density at radius 3 is 2.20 bits per heavy atom. The number of carbonyl (C=O) groups excluding carboxylic acids is 2. The van der Waals surface area contributed by atoms with Crippen molar-refractivity contribution >= 4 is 27.8 Å². The standard InChI is InChI=1S/C15H18BrNO3/c1-11(18)17-9-7-15(8-10-17,14(19)20-2)12-3-5-13(16)6-4-12/h3-6H,7-10H2,1-2H3. The Morgan fingerprint density at radius 2 is 1.75 bits per heavy atom. The number of methoxy groups -OCH3 is 1. The summed E-state index contributed by atoms with van der Waals surface area (Å²) in [7, 11) is 1.42. The molecule has 1 amide bonds. The molecule has 1 aromatic carbocycles. The zero-order chi connectivity index (χ0) is 14.8. The Balaban J connectivity index is 2.31. The Labute approximate surface area is 127 Å². The molecule has 0 aliphatic carbocycles. The lowest BCUT2D eigenvalue weighted by Crippen LogP contribution is -2.49. The predicted octanol–water partition coefficient (Wildman–Crippen LogP) is 2.50. The van der Waals surface area contributed by atoms with Crippen molar-refractivity contribution in [2.24, 2.45) is 0 Å². The third-order valence-electron chi connectivity index (χ3n) is 4.04. The normalized spacial score (nSPS) is 17.6. The quantitative estimate of drug-likeness (QED) is 0.777. The molecule has 0 saturated carbocycles. The van der Waals surface area contributed by atoms with E-state index in [2.05, 4.69) is 15.9 Å². The van der Waals surface area contributed by atoms with Crippen LogP contribution in [0.2, 0.25) is 0 Å². The van der Waals surface area contributed by atoms with Gasteiger partial charge < -0.3 is 9.64 Å². The predicted molar refractivity (Wildman–Crippen MR) is 79.3 cm³/mol. The molecule has 4 nitrogen and oxygen atoms in total. The van der Waals surface area contributed by atoms with Crippen molar-refractivity contribution in [2.45, 2.75) is 25.2 Å². The second-order valence-corrected chi connectivity index (χ2v) is 6.00. The van der Waals surface area contributed by atoms with Gasteiger partial charge in [0.1, 0.15) is 0 Å². The molecule has 0 bridgehead atoms. The smallest absolute Gasteiger partial charge is 0.316 e. The molecular formula is C15H18BrNO3. The van der Waals surface area contributed by atoms with Gasteiger partial charge in [-0.25, -0.2) is 0 Å². The zero-order valence-corrected chi connectivity index (χ0v) is 13.3. The number of esters is 1. The highest BCUT2D eigenvalue weighted by Gasteiger charge is 2.44. The molecule has 0 atom stereocenters. The van der Waals surface area contributed by atoms with Gasteiger partial charge in [0.05, 0.1) is 12.5 Å². The summed E-state index contributed by atoms with van der Waals surface area (Å²) in [5, 5.41) is 0. The van der Waals surface area contributed by atoms with Gasteiger partial charge >= 0.3 is 5.97 Å². The number of halogens is 1. The van der Waals surface area contributed by atoms with Crippen LogP contribution in [-0.2, 0) is 19.7 Å². The average Bonchev–Trinajstić information content (AvgIpc) is 2.47. The summed E-state index contributed by atoms with van der Waals surface area (Å²) in [4.78, 5) is 25.5. The van der Waals surface area contributed by atoms with Crippen molar-refractivity contribution in [3.05, 3.63) is 34.3 Å². The van der Waals surface area contributed by atoms with E-state index in [0.717, 1.165) is 10.0 Å². The van der Waals surface area contributed by atoms with Crippen molar-refractivity contribution in [3.63, 3.8) is 0 Å². The summed E-state index contributed by atoms with van der Waals surface area (Å²) in [6, 6.07) is 7.75. The second kappa shape index (κ2) is 5.95. The van der Waals surface area contributed by atoms with Crippen LogP contribution in [0.25, 0.3) is 0 Å². The van der Waals surface area contributed by atoms with Crippen LogP contribution in [0.3, 0.4) is 0 Å². The summed E-state index contributed by atoms with van der Waals surface area (Å²) >= 11 is 3.40. The van der Waals surface area contributed by atoms with Crippen LogP contribution in [0.4, 0.5) is 0 Å². The van der Waals surface area contributed by atoms with E-state index in [1.807, 2.05) is 24.3 Å². The van der Waals surface area contributed by atoms with E-state index < -0.39 is 5.41 Å². The highest BCUT2D eigenvalue weighted by Crippen LogP contribution is 2.37. The molecule has 1 aliphatic rings. The molecule has 1 aliphatic heterocycles. The van der Waals surface area contributed by atoms with Gasteiger partial charge in [-0.15, -0.1) is 0 Å². The molecule has 5 heteroatoms. The number of amides is 1. The third kappa shape index (κ3) is 2.73. The molecule has 0 spiro atoms. The highest BCUT2D eigenvalue weighted by atomic mass is 79.9. The minimum atomic E-state index is -0.637. The lowest BCUT2D eigenvalue weighted by atomic mass is 9.72. The highest BCUT2D eigenvalue weighted by molar-refractivity contribution is 9.10. The van der Waals surface area contributed by atoms with Gasteiger partial charge in [-0.05, 0) is 30.5 Å². The fraction of sp³-hybridized carbons (Fsp3) is 0.467. The summed E-state index contributed by atoms with van der Waals surface area (Å²) in [5.41, 5.74) is 0.317. The second-order valence-electron chi connectivity index (χ2n) is 5.09. The number of carbonyl (C=O) groups is 2. The summed E-state index contributed by atoms with van der Waals surface area (Å²) in [5.74, 6) is -0.165. The van der Waals surface area contributed by atoms with Crippen molar-refractivity contribution in [2.75, 3.05) is 20.2 Å². The topological polar surface area (TPSA) is 46.6 Å². The Kier molecular flexibility index (Phi) is 4.48. The number of nitrogens with zero attached hydrogens (tertiary/aromatic N) is 1.